The Labute approximate surface area is 135 Å². The summed E-state index contributed by atoms with van der Waals surface area (Å²) >= 11 is 0. The first kappa shape index (κ1) is 20.3. The van der Waals surface area contributed by atoms with Gasteiger partial charge in [-0.05, 0) is 24.6 Å². The highest BCUT2D eigenvalue weighted by molar-refractivity contribution is 7.89. The van der Waals surface area contributed by atoms with Crippen LogP contribution < -0.4 is 4.72 Å². The second-order valence-corrected chi connectivity index (χ2v) is 6.60. The minimum absolute atomic E-state index is 0.144. The third-order valence-corrected chi connectivity index (χ3v) is 4.33. The Balaban J connectivity index is 2.78. The predicted octanol–water partition coefficient (Wildman–Crippen LogP) is 1.85. The number of carbonyl (C=O) groups is 1. The van der Waals surface area contributed by atoms with Crippen LogP contribution in [0.2, 0.25) is 0 Å². The van der Waals surface area contributed by atoms with Gasteiger partial charge in [0.05, 0.1) is 11.5 Å². The van der Waals surface area contributed by atoms with Crippen molar-refractivity contribution in [2.45, 2.75) is 36.8 Å². The number of sulfonamides is 1. The van der Waals surface area contributed by atoms with Crippen LogP contribution in [0.25, 0.3) is 0 Å². The van der Waals surface area contributed by atoms with Crippen LogP contribution in [0.15, 0.2) is 29.2 Å². The number of benzene rings is 1. The van der Waals surface area contributed by atoms with Gasteiger partial charge in [-0.15, -0.1) is 0 Å². The first-order chi connectivity index (χ1) is 11.0. The molecule has 0 aliphatic heterocycles. The fraction of sp³-hybridized carbons (Fsp3) is 0.462. The Hall–Kier alpha value is -1.72. The Morgan fingerprint density at radius 2 is 2.00 bits per heavy atom. The minimum atomic E-state index is -4.30. The molecule has 0 bridgehead atoms. The Kier molecular flexibility index (Phi) is 6.69. The van der Waals surface area contributed by atoms with Crippen molar-refractivity contribution < 1.29 is 40.6 Å². The van der Waals surface area contributed by atoms with Gasteiger partial charge in [0, 0.05) is 0 Å². The normalized spacial score (nSPS) is 13.9. The number of carboxylic acids is 1. The third kappa shape index (κ3) is 5.73. The van der Waals surface area contributed by atoms with E-state index in [1.807, 2.05) is 4.72 Å². The molecule has 0 aliphatic carbocycles. The van der Waals surface area contributed by atoms with Gasteiger partial charge in [0.1, 0.15) is 12.6 Å². The Morgan fingerprint density at radius 3 is 2.54 bits per heavy atom. The molecule has 136 valence electrons. The van der Waals surface area contributed by atoms with Crippen molar-refractivity contribution in [1.29, 1.82) is 0 Å². The highest BCUT2D eigenvalue weighted by Gasteiger charge is 2.40. The molecule has 1 unspecified atom stereocenters. The quantitative estimate of drug-likeness (QED) is 0.645. The van der Waals surface area contributed by atoms with E-state index in [-0.39, 0.29) is 10.5 Å². The number of carboxylic acid groups (broad SMARTS) is 1. The van der Waals surface area contributed by atoms with Crippen LogP contribution >= 0.6 is 0 Å². The SMILES string of the molecule is CC(NS(=O)(=O)c1cccc(COCC(F)(F)C(F)F)c1)C(=O)O. The first-order valence-electron chi connectivity index (χ1n) is 6.53. The number of hydrogen-bond donors (Lipinski definition) is 2. The van der Waals surface area contributed by atoms with Crippen LogP contribution in [0.5, 0.6) is 0 Å². The summed E-state index contributed by atoms with van der Waals surface area (Å²) in [5, 5.41) is 8.70. The van der Waals surface area contributed by atoms with E-state index in [1.54, 1.807) is 0 Å². The molecule has 1 rings (SSSR count). The summed E-state index contributed by atoms with van der Waals surface area (Å²) in [5.41, 5.74) is 0.144. The van der Waals surface area contributed by atoms with E-state index in [4.69, 9.17) is 5.11 Å². The summed E-state index contributed by atoms with van der Waals surface area (Å²) in [6.07, 6.45) is -3.87. The lowest BCUT2D eigenvalue weighted by Crippen LogP contribution is -2.38. The van der Waals surface area contributed by atoms with Gasteiger partial charge in [0.15, 0.2) is 0 Å². The van der Waals surface area contributed by atoms with E-state index >= 15 is 0 Å². The molecule has 0 heterocycles. The summed E-state index contributed by atoms with van der Waals surface area (Å²) in [5.74, 6) is -5.69. The molecule has 0 amide bonds. The number of alkyl halides is 4. The maximum absolute atomic E-state index is 12.7. The molecule has 2 N–H and O–H groups in total. The number of hydrogen-bond acceptors (Lipinski definition) is 4. The van der Waals surface area contributed by atoms with E-state index in [2.05, 4.69) is 4.74 Å². The predicted molar refractivity (Wildman–Crippen MR) is 74.5 cm³/mol. The molecule has 24 heavy (non-hydrogen) atoms. The van der Waals surface area contributed by atoms with Crippen molar-refractivity contribution in [3.05, 3.63) is 29.8 Å². The fourth-order valence-electron chi connectivity index (χ4n) is 1.52. The van der Waals surface area contributed by atoms with Gasteiger partial charge in [0.25, 0.3) is 0 Å². The second-order valence-electron chi connectivity index (χ2n) is 4.88. The minimum Gasteiger partial charge on any atom is -0.480 e. The lowest BCUT2D eigenvalue weighted by Gasteiger charge is -2.15. The van der Waals surface area contributed by atoms with Gasteiger partial charge in [-0.2, -0.15) is 13.5 Å². The number of halogens is 4. The van der Waals surface area contributed by atoms with E-state index in [0.717, 1.165) is 19.1 Å². The third-order valence-electron chi connectivity index (χ3n) is 2.79. The lowest BCUT2D eigenvalue weighted by atomic mass is 10.2. The zero-order valence-electron chi connectivity index (χ0n) is 12.4. The standard InChI is InChI=1S/C13H15F4NO5S/c1-8(11(19)20)18-24(21,22)10-4-2-3-9(5-10)6-23-7-13(16,17)12(14)15/h2-5,8,12,18H,6-7H2,1H3,(H,19,20). The molecule has 1 aromatic carbocycles. The van der Waals surface area contributed by atoms with E-state index in [0.29, 0.717) is 0 Å². The number of aliphatic carboxylic acids is 1. The van der Waals surface area contributed by atoms with Crippen LogP contribution in [-0.4, -0.2) is 44.5 Å². The lowest BCUT2D eigenvalue weighted by molar-refractivity contribution is -0.168. The van der Waals surface area contributed by atoms with Crippen LogP contribution in [-0.2, 0) is 26.2 Å². The van der Waals surface area contributed by atoms with Crippen LogP contribution in [0.1, 0.15) is 12.5 Å². The molecular formula is C13H15F4NO5S. The Bertz CT molecular complexity index is 681. The molecule has 0 saturated carbocycles. The average Bonchev–Trinajstić information content (AvgIpc) is 2.46. The fourth-order valence-corrected chi connectivity index (χ4v) is 2.79. The van der Waals surface area contributed by atoms with Crippen molar-refractivity contribution in [2.75, 3.05) is 6.61 Å². The van der Waals surface area contributed by atoms with Gasteiger partial charge in [0.2, 0.25) is 10.0 Å². The number of ether oxygens (including phenoxy) is 1. The van der Waals surface area contributed by atoms with Crippen molar-refractivity contribution in [3.63, 3.8) is 0 Å². The zero-order valence-corrected chi connectivity index (χ0v) is 13.2. The summed E-state index contributed by atoms with van der Waals surface area (Å²) in [6, 6.07) is 3.48. The molecule has 0 spiro atoms. The molecule has 6 nitrogen and oxygen atoms in total. The van der Waals surface area contributed by atoms with Crippen molar-refractivity contribution >= 4 is 16.0 Å². The van der Waals surface area contributed by atoms with Crippen molar-refractivity contribution in [3.8, 4) is 0 Å². The van der Waals surface area contributed by atoms with Gasteiger partial charge in [-0.25, -0.2) is 17.2 Å². The molecule has 0 fully saturated rings. The van der Waals surface area contributed by atoms with E-state index in [9.17, 15) is 30.8 Å². The van der Waals surface area contributed by atoms with E-state index < -0.39 is 47.6 Å². The first-order valence-corrected chi connectivity index (χ1v) is 8.02. The molecule has 0 saturated heterocycles. The molecule has 0 aromatic heterocycles. The van der Waals surface area contributed by atoms with Crippen molar-refractivity contribution in [2.24, 2.45) is 0 Å². The summed E-state index contributed by atoms with van der Waals surface area (Å²) in [7, 11) is -4.15. The largest absolute Gasteiger partial charge is 0.480 e. The average molecular weight is 373 g/mol. The van der Waals surface area contributed by atoms with Crippen LogP contribution in [0, 0.1) is 0 Å². The molecule has 11 heteroatoms. The maximum atomic E-state index is 12.7. The molecule has 0 radical (unpaired) electrons. The topological polar surface area (TPSA) is 92.7 Å². The van der Waals surface area contributed by atoms with Gasteiger partial charge < -0.3 is 9.84 Å². The van der Waals surface area contributed by atoms with Gasteiger partial charge in [-0.3, -0.25) is 4.79 Å². The van der Waals surface area contributed by atoms with Crippen LogP contribution in [0.3, 0.4) is 0 Å². The van der Waals surface area contributed by atoms with Crippen molar-refractivity contribution in [1.82, 2.24) is 4.72 Å². The molecule has 1 atom stereocenters. The van der Waals surface area contributed by atoms with Gasteiger partial charge in [-0.1, -0.05) is 12.1 Å². The van der Waals surface area contributed by atoms with Gasteiger partial charge >= 0.3 is 18.3 Å². The van der Waals surface area contributed by atoms with E-state index in [1.165, 1.54) is 12.1 Å². The monoisotopic (exact) mass is 373 g/mol. The summed E-state index contributed by atoms with van der Waals surface area (Å²) in [6.45, 7) is -0.907. The zero-order chi connectivity index (χ0) is 18.5. The number of nitrogens with one attached hydrogen (secondary N) is 1. The summed E-state index contributed by atoms with van der Waals surface area (Å²) in [4.78, 5) is 10.4. The highest BCUT2D eigenvalue weighted by atomic mass is 32.2. The van der Waals surface area contributed by atoms with Crippen LogP contribution in [0.4, 0.5) is 17.6 Å². The highest BCUT2D eigenvalue weighted by Crippen LogP contribution is 2.23. The summed E-state index contributed by atoms with van der Waals surface area (Å²) < 4.78 is 79.7. The molecule has 1 aromatic rings. The maximum Gasteiger partial charge on any atom is 0.330 e. The smallest absolute Gasteiger partial charge is 0.330 e. The Morgan fingerprint density at radius 1 is 1.38 bits per heavy atom. The molecular weight excluding hydrogens is 358 g/mol. The second kappa shape index (κ2) is 7.90. The number of rotatable bonds is 9. The molecule has 0 aliphatic rings.